The Labute approximate surface area is 149 Å². The minimum atomic E-state index is 0. The summed E-state index contributed by atoms with van der Waals surface area (Å²) in [5.74, 6) is 3.85. The van der Waals surface area contributed by atoms with Crippen molar-refractivity contribution in [3.8, 4) is 0 Å². The van der Waals surface area contributed by atoms with Gasteiger partial charge in [-0.2, -0.15) is 0 Å². The Morgan fingerprint density at radius 1 is 0.571 bits per heavy atom. The molecule has 0 saturated heterocycles. The maximum atomic E-state index is 2.39. The smallest absolute Gasteiger partial charge is 0.358 e. The van der Waals surface area contributed by atoms with Crippen LogP contribution in [-0.4, -0.2) is 0 Å². The molecule has 2 aliphatic rings. The van der Waals surface area contributed by atoms with E-state index < -0.39 is 0 Å². The normalized spacial score (nSPS) is 31.4. The second-order valence-electron chi connectivity index (χ2n) is 6.01. The quantitative estimate of drug-likeness (QED) is 0.241. The van der Waals surface area contributed by atoms with E-state index in [0.29, 0.717) is 0 Å². The molecule has 1 heteroatoms. The van der Waals surface area contributed by atoms with E-state index in [2.05, 4.69) is 52.0 Å². The molecule has 2 aliphatic carbocycles. The molecule has 0 amide bonds. The fourth-order valence-corrected chi connectivity index (χ4v) is 2.91. The van der Waals surface area contributed by atoms with Gasteiger partial charge in [0.25, 0.3) is 0 Å². The Hall–Kier alpha value is 0.103. The van der Waals surface area contributed by atoms with Crippen molar-refractivity contribution in [1.29, 1.82) is 0 Å². The molecule has 21 heavy (non-hydrogen) atoms. The Morgan fingerprint density at radius 2 is 0.810 bits per heavy atom. The van der Waals surface area contributed by atoms with E-state index >= 15 is 0 Å². The third-order valence-electron chi connectivity index (χ3n) is 4.70. The second-order valence-corrected chi connectivity index (χ2v) is 6.01. The molecule has 0 heterocycles. The van der Waals surface area contributed by atoms with Crippen molar-refractivity contribution >= 4 is 0 Å². The van der Waals surface area contributed by atoms with Gasteiger partial charge in [0.05, 0.1) is 0 Å². The van der Waals surface area contributed by atoms with Gasteiger partial charge in [-0.05, 0) is 55.8 Å². The summed E-state index contributed by atoms with van der Waals surface area (Å²) in [6.07, 6.45) is 15.4. The first-order chi connectivity index (χ1) is 8.13. The maximum absolute atomic E-state index is 2.39. The zero-order valence-corrected chi connectivity index (χ0v) is 17.1. The van der Waals surface area contributed by atoms with Crippen LogP contribution in [0, 0.1) is 46.0 Å². The van der Waals surface area contributed by atoms with Crippen molar-refractivity contribution in [3.05, 3.63) is 46.6 Å². The zero-order valence-electron chi connectivity index (χ0n) is 15.5. The molecule has 2 rings (SSSR count). The van der Waals surface area contributed by atoms with E-state index in [0.717, 1.165) is 23.7 Å². The van der Waals surface area contributed by atoms with Gasteiger partial charge >= 0.3 is 19.5 Å². The van der Waals surface area contributed by atoms with Gasteiger partial charge in [0.1, 0.15) is 0 Å². The molecule has 4 unspecified atom stereocenters. The summed E-state index contributed by atoms with van der Waals surface area (Å²) in [6.45, 7) is 9.53. The van der Waals surface area contributed by atoms with Crippen molar-refractivity contribution in [2.45, 2.75) is 59.8 Å². The summed E-state index contributed by atoms with van der Waals surface area (Å²) < 4.78 is 0. The second kappa shape index (κ2) is 16.5. The Bertz CT molecular complexity index is 217. The van der Waals surface area contributed by atoms with E-state index in [1.54, 1.807) is 0 Å². The van der Waals surface area contributed by atoms with Crippen molar-refractivity contribution in [2.24, 2.45) is 23.7 Å². The fourth-order valence-electron chi connectivity index (χ4n) is 2.91. The molecule has 0 N–H and O–H groups in total. The van der Waals surface area contributed by atoms with Crippen molar-refractivity contribution in [1.82, 2.24) is 0 Å². The Morgan fingerprint density at radius 3 is 0.952 bits per heavy atom. The number of rotatable bonds is 0. The molecule has 0 nitrogen and oxygen atoms in total. The Kier molecular flexibility index (Phi) is 22.9. The van der Waals surface area contributed by atoms with Crippen LogP contribution < -0.4 is 0 Å². The number of hydrogen-bond acceptors (Lipinski definition) is 0. The van der Waals surface area contributed by atoms with E-state index in [9.17, 15) is 0 Å². The summed E-state index contributed by atoms with van der Waals surface area (Å²) in [6, 6.07) is 0. The monoisotopic (exact) mass is 382 g/mol. The van der Waals surface area contributed by atoms with Crippen molar-refractivity contribution in [2.75, 3.05) is 0 Å². The van der Waals surface area contributed by atoms with Crippen molar-refractivity contribution < 1.29 is 19.5 Å². The van der Waals surface area contributed by atoms with Crippen LogP contribution in [0.2, 0.25) is 0 Å². The zero-order chi connectivity index (χ0) is 12.7. The summed E-state index contributed by atoms with van der Waals surface area (Å²) in [5.41, 5.74) is 0. The molecule has 1 saturated carbocycles. The molecule has 0 aromatic rings. The van der Waals surface area contributed by atoms with Crippen LogP contribution in [0.3, 0.4) is 0 Å². The van der Waals surface area contributed by atoms with Gasteiger partial charge in [-0.25, -0.2) is 0 Å². The third-order valence-corrected chi connectivity index (χ3v) is 4.70. The topological polar surface area (TPSA) is 0 Å². The van der Waals surface area contributed by atoms with Gasteiger partial charge in [0.15, 0.2) is 0 Å². The first kappa shape index (κ1) is 29.2. The van der Waals surface area contributed by atoms with Crippen molar-refractivity contribution in [3.63, 3.8) is 0 Å². The summed E-state index contributed by atoms with van der Waals surface area (Å²) in [7, 11) is 0. The van der Waals surface area contributed by atoms with Gasteiger partial charge in [0, 0.05) is 0 Å². The molecule has 0 spiro atoms. The first-order valence-corrected chi connectivity index (χ1v) is 7.43. The average molecular weight is 382 g/mol. The summed E-state index contributed by atoms with van der Waals surface area (Å²) in [5, 5.41) is 0. The minimum absolute atomic E-state index is 0. The standard InChI is InChI=1S/C9H18.C8H12.3CH3.Rh/c1-6-5-7(2)9(4)8(6)3;1-2-4-6-8-7-5-3-1;;;;/h6-9H,5H2,1-4H3;1-2,7-8H,3-6H2;3*1H3;/q;;3*-1;+3/b;2-1-,8-7?;;;;. The molecule has 0 aromatic heterocycles. The van der Waals surface area contributed by atoms with Gasteiger partial charge < -0.3 is 22.3 Å². The molecular formula is C20H39Rh. The van der Waals surface area contributed by atoms with Crippen LogP contribution in [0.4, 0.5) is 0 Å². The predicted molar refractivity (Wildman–Crippen MR) is 97.3 cm³/mol. The fraction of sp³-hybridized carbons (Fsp3) is 0.650. The van der Waals surface area contributed by atoms with Crippen LogP contribution in [0.5, 0.6) is 0 Å². The van der Waals surface area contributed by atoms with Crippen LogP contribution in [-0.2, 0) is 19.5 Å². The van der Waals surface area contributed by atoms with Gasteiger partial charge in [-0.3, -0.25) is 0 Å². The van der Waals surface area contributed by atoms with E-state index in [-0.39, 0.29) is 41.8 Å². The van der Waals surface area contributed by atoms with E-state index in [4.69, 9.17) is 0 Å². The van der Waals surface area contributed by atoms with Gasteiger partial charge in [0.2, 0.25) is 0 Å². The van der Waals surface area contributed by atoms with Crippen LogP contribution >= 0.6 is 0 Å². The molecule has 0 bridgehead atoms. The van der Waals surface area contributed by atoms with Crippen LogP contribution in [0.25, 0.3) is 0 Å². The third kappa shape index (κ3) is 11.3. The summed E-state index contributed by atoms with van der Waals surface area (Å²) in [4.78, 5) is 0. The minimum Gasteiger partial charge on any atom is -0.358 e. The van der Waals surface area contributed by atoms with Gasteiger partial charge in [-0.15, -0.1) is 0 Å². The number of hydrogen-bond donors (Lipinski definition) is 0. The molecule has 0 radical (unpaired) electrons. The van der Waals surface area contributed by atoms with E-state index in [1.165, 1.54) is 32.1 Å². The summed E-state index contributed by atoms with van der Waals surface area (Å²) >= 11 is 0. The van der Waals surface area contributed by atoms with Gasteiger partial charge in [-0.1, -0.05) is 52.0 Å². The SMILES string of the molecule is C1=CCC/C=C\CC1.CC1CC(C)C(C)C1C.[CH3-].[CH3-].[CH3-].[Rh+3]. The molecule has 4 atom stereocenters. The molecule has 0 aromatic carbocycles. The Balaban J connectivity index is -0.000000116. The average Bonchev–Trinajstić information content (AvgIpc) is 2.46. The van der Waals surface area contributed by atoms with Crippen LogP contribution in [0.1, 0.15) is 59.8 Å². The largest absolute Gasteiger partial charge is 3.00 e. The predicted octanol–water partition coefficient (Wildman–Crippen LogP) is 6.96. The number of allylic oxidation sites excluding steroid dienone is 4. The maximum Gasteiger partial charge on any atom is 3.00 e. The van der Waals surface area contributed by atoms with E-state index in [1.807, 2.05) is 0 Å². The molecule has 0 aliphatic heterocycles. The molecular weight excluding hydrogens is 343 g/mol. The molecule has 128 valence electrons. The van der Waals surface area contributed by atoms with Crippen LogP contribution in [0.15, 0.2) is 24.3 Å². The first-order valence-electron chi connectivity index (χ1n) is 7.43. The molecule has 1 fully saturated rings.